The highest BCUT2D eigenvalue weighted by molar-refractivity contribution is 8.01. The van der Waals surface area contributed by atoms with Crippen molar-refractivity contribution in [3.8, 4) is 5.69 Å². The highest BCUT2D eigenvalue weighted by Crippen LogP contribution is 2.30. The first kappa shape index (κ1) is 25.1. The second-order valence-electron chi connectivity index (χ2n) is 10.0. The van der Waals surface area contributed by atoms with Crippen molar-refractivity contribution in [3.05, 3.63) is 46.4 Å². The topological polar surface area (TPSA) is 76.3 Å². The van der Waals surface area contributed by atoms with Gasteiger partial charge < -0.3 is 10.2 Å². The fourth-order valence-electron chi connectivity index (χ4n) is 4.38. The summed E-state index contributed by atoms with van der Waals surface area (Å²) in [7, 11) is 1.79. The molecule has 8 heteroatoms. The van der Waals surface area contributed by atoms with Crippen LogP contribution in [-0.2, 0) is 16.6 Å². The van der Waals surface area contributed by atoms with Crippen molar-refractivity contribution in [1.82, 2.24) is 14.3 Å². The molecule has 0 aliphatic carbocycles. The molecule has 1 aliphatic heterocycles. The number of anilines is 1. The van der Waals surface area contributed by atoms with Crippen molar-refractivity contribution in [2.45, 2.75) is 65.2 Å². The van der Waals surface area contributed by atoms with E-state index in [2.05, 4.69) is 26.1 Å². The Bertz CT molecular complexity index is 1050. The Morgan fingerprint density at radius 3 is 2.52 bits per heavy atom. The average molecular weight is 473 g/mol. The summed E-state index contributed by atoms with van der Waals surface area (Å²) >= 11 is 1.32. The van der Waals surface area contributed by atoms with E-state index in [0.29, 0.717) is 5.69 Å². The third-order valence-corrected chi connectivity index (χ3v) is 7.30. The third-order valence-electron chi connectivity index (χ3n) is 6.17. The molecule has 7 nitrogen and oxygen atoms in total. The van der Waals surface area contributed by atoms with Gasteiger partial charge in [0.05, 0.1) is 22.4 Å². The predicted molar refractivity (Wildman–Crippen MR) is 135 cm³/mol. The minimum Gasteiger partial charge on any atom is -0.339 e. The molecule has 0 bridgehead atoms. The van der Waals surface area contributed by atoms with Gasteiger partial charge in [-0.1, -0.05) is 39.0 Å². The SMILES string of the molecule is Cc1c(NC(=O)C(C)SCC(=O)N2CCCC2CC(C)(C)C)c(=O)n(-c2ccccc2)n1C. The van der Waals surface area contributed by atoms with Gasteiger partial charge in [-0.25, -0.2) is 4.68 Å². The van der Waals surface area contributed by atoms with E-state index in [1.165, 1.54) is 16.4 Å². The number of aromatic nitrogens is 2. The number of amides is 2. The third kappa shape index (κ3) is 5.91. The van der Waals surface area contributed by atoms with Crippen LogP contribution in [0.4, 0.5) is 5.69 Å². The molecule has 2 atom stereocenters. The summed E-state index contributed by atoms with van der Waals surface area (Å²) in [5, 5.41) is 2.35. The van der Waals surface area contributed by atoms with E-state index in [-0.39, 0.29) is 40.3 Å². The largest absolute Gasteiger partial charge is 0.339 e. The van der Waals surface area contributed by atoms with Crippen LogP contribution >= 0.6 is 11.8 Å². The van der Waals surface area contributed by atoms with Crippen molar-refractivity contribution >= 4 is 29.3 Å². The number of benzene rings is 1. The van der Waals surface area contributed by atoms with Crippen LogP contribution in [0.3, 0.4) is 0 Å². The minimum atomic E-state index is -0.457. The van der Waals surface area contributed by atoms with Crippen LogP contribution in [0, 0.1) is 12.3 Å². The smallest absolute Gasteiger partial charge is 0.295 e. The number of nitrogens with one attached hydrogen (secondary N) is 1. The first-order valence-electron chi connectivity index (χ1n) is 11.6. The summed E-state index contributed by atoms with van der Waals surface area (Å²) in [5.41, 5.74) is 1.58. The lowest BCUT2D eigenvalue weighted by atomic mass is 9.87. The van der Waals surface area contributed by atoms with Crippen LogP contribution in [-0.4, -0.2) is 49.7 Å². The Balaban J connectivity index is 1.63. The summed E-state index contributed by atoms with van der Waals surface area (Å²) in [4.78, 5) is 40.7. The number of hydrogen-bond donors (Lipinski definition) is 1. The van der Waals surface area contributed by atoms with Crippen LogP contribution < -0.4 is 10.9 Å². The summed E-state index contributed by atoms with van der Waals surface area (Å²) < 4.78 is 3.27. The summed E-state index contributed by atoms with van der Waals surface area (Å²) in [5.74, 6) is 0.0808. The Kier molecular flexibility index (Phi) is 7.77. The summed E-state index contributed by atoms with van der Waals surface area (Å²) in [6.07, 6.45) is 3.07. The molecule has 1 saturated heterocycles. The fraction of sp³-hybridized carbons (Fsp3) is 0.560. The van der Waals surface area contributed by atoms with Gasteiger partial charge in [-0.15, -0.1) is 11.8 Å². The van der Waals surface area contributed by atoms with Gasteiger partial charge in [-0.2, -0.15) is 0 Å². The molecule has 0 radical (unpaired) electrons. The van der Waals surface area contributed by atoms with E-state index in [0.717, 1.165) is 31.5 Å². The van der Waals surface area contributed by atoms with Crippen LogP contribution in [0.1, 0.15) is 52.7 Å². The molecule has 0 spiro atoms. The van der Waals surface area contributed by atoms with Crippen LogP contribution in [0.15, 0.2) is 35.1 Å². The number of nitrogens with zero attached hydrogens (tertiary/aromatic N) is 3. The van der Waals surface area contributed by atoms with Gasteiger partial charge in [0.1, 0.15) is 5.69 Å². The molecule has 0 saturated carbocycles. The zero-order chi connectivity index (χ0) is 24.3. The molecule has 1 fully saturated rings. The maximum atomic E-state index is 13.0. The zero-order valence-electron chi connectivity index (χ0n) is 20.6. The molecule has 2 aromatic rings. The number of para-hydroxylation sites is 1. The Morgan fingerprint density at radius 2 is 1.88 bits per heavy atom. The Hall–Kier alpha value is -2.48. The average Bonchev–Trinajstić information content (AvgIpc) is 3.29. The van der Waals surface area contributed by atoms with Gasteiger partial charge in [-0.05, 0) is 50.7 Å². The molecular weight excluding hydrogens is 436 g/mol. The van der Waals surface area contributed by atoms with Gasteiger partial charge >= 0.3 is 0 Å². The maximum Gasteiger partial charge on any atom is 0.295 e. The first-order chi connectivity index (χ1) is 15.5. The van der Waals surface area contributed by atoms with E-state index in [1.807, 2.05) is 35.2 Å². The fourth-order valence-corrected chi connectivity index (χ4v) is 5.14. The number of thioether (sulfide) groups is 1. The molecule has 2 unspecified atom stereocenters. The Morgan fingerprint density at radius 1 is 1.21 bits per heavy atom. The number of hydrogen-bond acceptors (Lipinski definition) is 4. The van der Waals surface area contributed by atoms with Crippen molar-refractivity contribution < 1.29 is 9.59 Å². The van der Waals surface area contributed by atoms with E-state index in [9.17, 15) is 14.4 Å². The number of likely N-dealkylation sites (tertiary alicyclic amines) is 1. The summed E-state index contributed by atoms with van der Waals surface area (Å²) in [6.45, 7) is 11.0. The standard InChI is InChI=1S/C25H36N4O3S/c1-17-22(24(32)29(27(17)6)19-11-8-7-9-12-19)26-23(31)18(2)33-16-21(30)28-14-10-13-20(28)15-25(3,4)5/h7-9,11-12,18,20H,10,13-16H2,1-6H3,(H,26,31). The lowest BCUT2D eigenvalue weighted by Crippen LogP contribution is -2.39. The van der Waals surface area contributed by atoms with Gasteiger partial charge in [0.2, 0.25) is 11.8 Å². The van der Waals surface area contributed by atoms with Crippen LogP contribution in [0.2, 0.25) is 0 Å². The molecule has 33 heavy (non-hydrogen) atoms. The van der Waals surface area contributed by atoms with E-state index in [4.69, 9.17) is 0 Å². The molecule has 1 aromatic carbocycles. The van der Waals surface area contributed by atoms with Crippen molar-refractivity contribution in [3.63, 3.8) is 0 Å². The zero-order valence-corrected chi connectivity index (χ0v) is 21.4. The summed E-state index contributed by atoms with van der Waals surface area (Å²) in [6, 6.07) is 9.60. The second kappa shape index (κ2) is 10.2. The van der Waals surface area contributed by atoms with Crippen molar-refractivity contribution in [2.24, 2.45) is 12.5 Å². The quantitative estimate of drug-likeness (QED) is 0.662. The maximum absolute atomic E-state index is 13.0. The molecule has 1 aliphatic rings. The number of carbonyl (C=O) groups excluding carboxylic acids is 2. The number of rotatable bonds is 7. The highest BCUT2D eigenvalue weighted by atomic mass is 32.2. The van der Waals surface area contributed by atoms with E-state index in [1.54, 1.807) is 25.6 Å². The number of carbonyl (C=O) groups is 2. The molecule has 3 rings (SSSR count). The predicted octanol–water partition coefficient (Wildman–Crippen LogP) is 3.97. The normalized spacial score (nSPS) is 17.3. The lowest BCUT2D eigenvalue weighted by molar-refractivity contribution is -0.129. The molecule has 180 valence electrons. The Labute approximate surface area is 200 Å². The lowest BCUT2D eigenvalue weighted by Gasteiger charge is -2.30. The molecular formula is C25H36N4O3S. The van der Waals surface area contributed by atoms with Crippen LogP contribution in [0.25, 0.3) is 5.69 Å². The highest BCUT2D eigenvalue weighted by Gasteiger charge is 2.32. The molecule has 1 N–H and O–H groups in total. The molecule has 2 amide bonds. The van der Waals surface area contributed by atoms with Gasteiger partial charge in [-0.3, -0.25) is 19.1 Å². The first-order valence-corrected chi connectivity index (χ1v) is 12.6. The second-order valence-corrected chi connectivity index (χ2v) is 11.4. The van der Waals surface area contributed by atoms with E-state index < -0.39 is 5.25 Å². The van der Waals surface area contributed by atoms with Crippen LogP contribution in [0.5, 0.6) is 0 Å². The van der Waals surface area contributed by atoms with Gasteiger partial charge in [0.25, 0.3) is 5.56 Å². The van der Waals surface area contributed by atoms with Gasteiger partial charge in [0, 0.05) is 19.6 Å². The van der Waals surface area contributed by atoms with Crippen molar-refractivity contribution in [1.29, 1.82) is 0 Å². The monoisotopic (exact) mass is 472 g/mol. The van der Waals surface area contributed by atoms with Gasteiger partial charge in [0.15, 0.2) is 0 Å². The molecule has 1 aromatic heterocycles. The van der Waals surface area contributed by atoms with E-state index >= 15 is 0 Å². The van der Waals surface area contributed by atoms with Crippen molar-refractivity contribution in [2.75, 3.05) is 17.6 Å². The minimum absolute atomic E-state index is 0.0914. The molecule has 2 heterocycles.